The van der Waals surface area contributed by atoms with E-state index in [0.29, 0.717) is 11.5 Å². The summed E-state index contributed by atoms with van der Waals surface area (Å²) in [5.41, 5.74) is 0.505. The fourth-order valence-corrected chi connectivity index (χ4v) is 2.76. The summed E-state index contributed by atoms with van der Waals surface area (Å²) in [6.07, 6.45) is 6.54. The Morgan fingerprint density at radius 3 is 2.35 bits per heavy atom. The van der Waals surface area contributed by atoms with E-state index in [0.717, 1.165) is 12.5 Å². The molecule has 0 saturated heterocycles. The van der Waals surface area contributed by atoms with E-state index >= 15 is 0 Å². The Morgan fingerprint density at radius 2 is 1.88 bits per heavy atom. The fourth-order valence-electron chi connectivity index (χ4n) is 2.76. The molecule has 0 heterocycles. The molecule has 98 valence electrons. The molecule has 0 amide bonds. The summed E-state index contributed by atoms with van der Waals surface area (Å²) in [7, 11) is 0. The summed E-state index contributed by atoms with van der Waals surface area (Å²) in [6, 6.07) is 2.93. The molecule has 0 bridgehead atoms. The maximum atomic E-state index is 8.75. The summed E-state index contributed by atoms with van der Waals surface area (Å²) in [5.74, 6) is 1.03. The second-order valence-electron chi connectivity index (χ2n) is 6.33. The molecule has 0 aromatic heterocycles. The van der Waals surface area contributed by atoms with Crippen molar-refractivity contribution in [2.75, 3.05) is 6.54 Å². The van der Waals surface area contributed by atoms with Gasteiger partial charge in [0.2, 0.25) is 0 Å². The molecule has 1 rings (SSSR count). The van der Waals surface area contributed by atoms with Crippen LogP contribution in [-0.4, -0.2) is 12.6 Å². The predicted molar refractivity (Wildman–Crippen MR) is 72.6 cm³/mol. The van der Waals surface area contributed by atoms with Gasteiger partial charge in [0.25, 0.3) is 0 Å². The Balaban J connectivity index is 2.29. The first-order valence-corrected chi connectivity index (χ1v) is 7.12. The molecule has 2 nitrogen and oxygen atoms in total. The van der Waals surface area contributed by atoms with Crippen LogP contribution >= 0.6 is 0 Å². The lowest BCUT2D eigenvalue weighted by Crippen LogP contribution is -2.38. The Bertz CT molecular complexity index is 257. The molecule has 0 spiro atoms. The van der Waals surface area contributed by atoms with Crippen molar-refractivity contribution in [3.63, 3.8) is 0 Å². The maximum absolute atomic E-state index is 8.75. The first kappa shape index (κ1) is 14.5. The lowest BCUT2D eigenvalue weighted by molar-refractivity contribution is 0.136. The van der Waals surface area contributed by atoms with Crippen LogP contribution in [0.4, 0.5) is 0 Å². The number of nitriles is 1. The van der Waals surface area contributed by atoms with E-state index in [1.165, 1.54) is 32.1 Å². The van der Waals surface area contributed by atoms with Crippen LogP contribution in [0.25, 0.3) is 0 Å². The number of nitrogens with one attached hydrogen (secondary N) is 1. The van der Waals surface area contributed by atoms with Gasteiger partial charge in [0.15, 0.2) is 0 Å². The lowest BCUT2D eigenvalue weighted by atomic mass is 9.69. The zero-order chi connectivity index (χ0) is 12.9. The highest BCUT2D eigenvalue weighted by Crippen LogP contribution is 2.40. The summed E-state index contributed by atoms with van der Waals surface area (Å²) in [5, 5.41) is 12.3. The van der Waals surface area contributed by atoms with Crippen LogP contribution in [0.2, 0.25) is 0 Å². The van der Waals surface area contributed by atoms with Crippen LogP contribution in [0.5, 0.6) is 0 Å². The number of hydrogen-bond acceptors (Lipinski definition) is 2. The minimum atomic E-state index is 0.139. The van der Waals surface area contributed by atoms with Gasteiger partial charge < -0.3 is 5.32 Å². The van der Waals surface area contributed by atoms with E-state index in [2.05, 4.69) is 32.2 Å². The lowest BCUT2D eigenvalue weighted by Gasteiger charge is -2.39. The highest BCUT2D eigenvalue weighted by atomic mass is 14.9. The van der Waals surface area contributed by atoms with Crippen LogP contribution in [-0.2, 0) is 0 Å². The standard InChI is InChI=1S/C15H28N2/c1-5-15(3,4)13-6-8-14(9-7-13)17-11-12(2)10-16/h12-14,17H,5-9,11H2,1-4H3. The molecule has 1 unspecified atom stereocenters. The normalized spacial score (nSPS) is 27.5. The molecular weight excluding hydrogens is 208 g/mol. The van der Waals surface area contributed by atoms with E-state index in [1.807, 2.05) is 6.92 Å². The summed E-state index contributed by atoms with van der Waals surface area (Å²) >= 11 is 0. The summed E-state index contributed by atoms with van der Waals surface area (Å²) in [4.78, 5) is 0. The summed E-state index contributed by atoms with van der Waals surface area (Å²) in [6.45, 7) is 9.95. The number of hydrogen-bond donors (Lipinski definition) is 1. The van der Waals surface area contributed by atoms with Gasteiger partial charge in [0.05, 0.1) is 12.0 Å². The van der Waals surface area contributed by atoms with Gasteiger partial charge in [-0.3, -0.25) is 0 Å². The third-order valence-electron chi connectivity index (χ3n) is 4.68. The Labute approximate surface area is 107 Å². The third-order valence-corrected chi connectivity index (χ3v) is 4.68. The van der Waals surface area contributed by atoms with Gasteiger partial charge >= 0.3 is 0 Å². The van der Waals surface area contributed by atoms with E-state index in [-0.39, 0.29) is 5.92 Å². The predicted octanol–water partition coefficient (Wildman–Crippen LogP) is 3.73. The molecule has 0 aromatic rings. The van der Waals surface area contributed by atoms with Crippen molar-refractivity contribution in [1.82, 2.24) is 5.32 Å². The average Bonchev–Trinajstić information content (AvgIpc) is 2.36. The van der Waals surface area contributed by atoms with Crippen LogP contribution < -0.4 is 5.32 Å². The van der Waals surface area contributed by atoms with Crippen molar-refractivity contribution >= 4 is 0 Å². The van der Waals surface area contributed by atoms with E-state index < -0.39 is 0 Å². The van der Waals surface area contributed by atoms with Gasteiger partial charge in [-0.2, -0.15) is 5.26 Å². The highest BCUT2D eigenvalue weighted by Gasteiger charge is 2.31. The van der Waals surface area contributed by atoms with Gasteiger partial charge in [-0.05, 0) is 43.9 Å². The molecular formula is C15H28N2. The molecule has 1 fully saturated rings. The maximum Gasteiger partial charge on any atom is 0.0666 e. The van der Waals surface area contributed by atoms with Gasteiger partial charge in [0.1, 0.15) is 0 Å². The molecule has 0 aromatic carbocycles. The van der Waals surface area contributed by atoms with E-state index in [1.54, 1.807) is 0 Å². The van der Waals surface area contributed by atoms with Crippen molar-refractivity contribution in [2.24, 2.45) is 17.3 Å². The smallest absolute Gasteiger partial charge is 0.0666 e. The fraction of sp³-hybridized carbons (Fsp3) is 0.933. The Kier molecular flexibility index (Phi) is 5.46. The molecule has 1 aliphatic carbocycles. The topological polar surface area (TPSA) is 35.8 Å². The molecule has 17 heavy (non-hydrogen) atoms. The van der Waals surface area contributed by atoms with E-state index in [9.17, 15) is 0 Å². The van der Waals surface area contributed by atoms with Crippen LogP contribution in [0.15, 0.2) is 0 Å². The van der Waals surface area contributed by atoms with Crippen molar-refractivity contribution < 1.29 is 0 Å². The van der Waals surface area contributed by atoms with Crippen LogP contribution in [0, 0.1) is 28.6 Å². The molecule has 1 atom stereocenters. The first-order valence-electron chi connectivity index (χ1n) is 7.12. The third kappa shape index (κ3) is 4.32. The second kappa shape index (κ2) is 6.40. The zero-order valence-electron chi connectivity index (χ0n) is 11.9. The Morgan fingerprint density at radius 1 is 1.29 bits per heavy atom. The van der Waals surface area contributed by atoms with Gasteiger partial charge in [-0.15, -0.1) is 0 Å². The molecule has 1 aliphatic rings. The molecule has 0 radical (unpaired) electrons. The average molecular weight is 236 g/mol. The van der Waals surface area contributed by atoms with Gasteiger partial charge in [-0.1, -0.05) is 27.2 Å². The van der Waals surface area contributed by atoms with Gasteiger partial charge in [0, 0.05) is 12.6 Å². The molecule has 1 saturated carbocycles. The van der Waals surface area contributed by atoms with Crippen LogP contribution in [0.1, 0.15) is 59.8 Å². The van der Waals surface area contributed by atoms with Gasteiger partial charge in [-0.25, -0.2) is 0 Å². The first-order chi connectivity index (χ1) is 7.99. The zero-order valence-corrected chi connectivity index (χ0v) is 11.9. The van der Waals surface area contributed by atoms with Crippen LogP contribution in [0.3, 0.4) is 0 Å². The van der Waals surface area contributed by atoms with Crippen molar-refractivity contribution in [1.29, 1.82) is 5.26 Å². The number of rotatable bonds is 5. The summed E-state index contributed by atoms with van der Waals surface area (Å²) < 4.78 is 0. The highest BCUT2D eigenvalue weighted by molar-refractivity contribution is 4.87. The van der Waals surface area contributed by atoms with Crippen molar-refractivity contribution in [3.05, 3.63) is 0 Å². The quantitative estimate of drug-likeness (QED) is 0.789. The van der Waals surface area contributed by atoms with E-state index in [4.69, 9.17) is 5.26 Å². The Hall–Kier alpha value is -0.550. The van der Waals surface area contributed by atoms with Crippen molar-refractivity contribution in [3.8, 4) is 6.07 Å². The molecule has 0 aliphatic heterocycles. The molecule has 1 N–H and O–H groups in total. The number of nitrogens with zero attached hydrogens (tertiary/aromatic N) is 1. The minimum absolute atomic E-state index is 0.139. The molecule has 2 heteroatoms. The SMILES string of the molecule is CCC(C)(C)C1CCC(NCC(C)C#N)CC1. The minimum Gasteiger partial charge on any atom is -0.313 e. The second-order valence-corrected chi connectivity index (χ2v) is 6.33. The van der Waals surface area contributed by atoms with Crippen molar-refractivity contribution in [2.45, 2.75) is 65.8 Å². The largest absolute Gasteiger partial charge is 0.313 e. The monoisotopic (exact) mass is 236 g/mol.